The summed E-state index contributed by atoms with van der Waals surface area (Å²) in [5, 5.41) is 0.539. The van der Waals surface area contributed by atoms with E-state index >= 15 is 0 Å². The maximum absolute atomic E-state index is 10.8. The summed E-state index contributed by atoms with van der Waals surface area (Å²) in [6, 6.07) is 3.33. The molecule has 0 saturated carbocycles. The summed E-state index contributed by atoms with van der Waals surface area (Å²) >= 11 is 5.97. The molecule has 0 radical (unpaired) electrons. The molecule has 88 valence electrons. The normalized spacial score (nSPS) is 10.7. The lowest BCUT2D eigenvalue weighted by Crippen LogP contribution is -2.33. The number of carbonyl (C=O) groups excluding carboxylic acids is 1. The standard InChI is InChI=1S/C10H15ClN4O/c1-2-15(6-10(13)16)5-8-7(11)3-4-9(12)14-8/h3-4H,2,5-6H2,1H3,(H2,12,14)(H2,13,16). The van der Waals surface area contributed by atoms with Crippen LogP contribution in [0.25, 0.3) is 0 Å². The van der Waals surface area contributed by atoms with Crippen LogP contribution < -0.4 is 11.5 Å². The lowest BCUT2D eigenvalue weighted by atomic mass is 10.3. The number of nitrogens with two attached hydrogens (primary N) is 2. The van der Waals surface area contributed by atoms with Crippen LogP contribution in [0.4, 0.5) is 5.82 Å². The first-order valence-corrected chi connectivity index (χ1v) is 5.32. The van der Waals surface area contributed by atoms with Gasteiger partial charge in [-0.3, -0.25) is 9.69 Å². The predicted molar refractivity (Wildman–Crippen MR) is 63.8 cm³/mol. The Morgan fingerprint density at radius 3 is 2.81 bits per heavy atom. The number of anilines is 1. The number of rotatable bonds is 5. The highest BCUT2D eigenvalue weighted by molar-refractivity contribution is 6.31. The van der Waals surface area contributed by atoms with Gasteiger partial charge >= 0.3 is 0 Å². The number of hydrogen-bond donors (Lipinski definition) is 2. The maximum atomic E-state index is 10.8. The summed E-state index contributed by atoms with van der Waals surface area (Å²) in [6.45, 7) is 3.27. The van der Waals surface area contributed by atoms with Crippen molar-refractivity contribution in [2.75, 3.05) is 18.8 Å². The van der Waals surface area contributed by atoms with E-state index in [0.29, 0.717) is 29.6 Å². The fourth-order valence-corrected chi connectivity index (χ4v) is 1.49. The van der Waals surface area contributed by atoms with Crippen molar-refractivity contribution in [3.05, 3.63) is 22.8 Å². The largest absolute Gasteiger partial charge is 0.384 e. The molecular formula is C10H15ClN4O. The second kappa shape index (κ2) is 5.67. The number of halogens is 1. The number of hydrogen-bond acceptors (Lipinski definition) is 4. The fraction of sp³-hybridized carbons (Fsp3) is 0.400. The molecule has 1 aromatic heterocycles. The van der Waals surface area contributed by atoms with Gasteiger partial charge in [0.2, 0.25) is 5.91 Å². The van der Waals surface area contributed by atoms with Gasteiger partial charge in [0.1, 0.15) is 5.82 Å². The molecule has 0 aromatic carbocycles. The molecule has 0 aliphatic rings. The number of nitrogen functional groups attached to an aromatic ring is 1. The van der Waals surface area contributed by atoms with Crippen molar-refractivity contribution < 1.29 is 4.79 Å². The van der Waals surface area contributed by atoms with Gasteiger partial charge in [-0.2, -0.15) is 0 Å². The van der Waals surface area contributed by atoms with E-state index in [1.165, 1.54) is 0 Å². The second-order valence-corrected chi connectivity index (χ2v) is 3.84. The van der Waals surface area contributed by atoms with Gasteiger partial charge in [0.25, 0.3) is 0 Å². The Morgan fingerprint density at radius 1 is 1.56 bits per heavy atom. The monoisotopic (exact) mass is 242 g/mol. The van der Waals surface area contributed by atoms with Gasteiger partial charge in [-0.1, -0.05) is 18.5 Å². The van der Waals surface area contributed by atoms with Crippen molar-refractivity contribution in [3.8, 4) is 0 Å². The molecule has 0 aliphatic heterocycles. The molecule has 5 nitrogen and oxygen atoms in total. The predicted octanol–water partition coefficient (Wildman–Crippen LogP) is 0.624. The van der Waals surface area contributed by atoms with E-state index in [1.54, 1.807) is 12.1 Å². The zero-order valence-corrected chi connectivity index (χ0v) is 9.87. The van der Waals surface area contributed by atoms with Gasteiger partial charge in [-0.05, 0) is 18.7 Å². The van der Waals surface area contributed by atoms with Crippen LogP contribution in [0, 0.1) is 0 Å². The van der Waals surface area contributed by atoms with E-state index in [0.717, 1.165) is 0 Å². The molecule has 0 unspecified atom stereocenters. The van der Waals surface area contributed by atoms with Crippen molar-refractivity contribution in [3.63, 3.8) is 0 Å². The summed E-state index contributed by atoms with van der Waals surface area (Å²) in [7, 11) is 0. The Balaban J connectivity index is 2.77. The molecule has 6 heteroatoms. The fourth-order valence-electron chi connectivity index (χ4n) is 1.32. The van der Waals surface area contributed by atoms with Crippen LogP contribution in [0.5, 0.6) is 0 Å². The van der Waals surface area contributed by atoms with Crippen LogP contribution >= 0.6 is 11.6 Å². The van der Waals surface area contributed by atoms with E-state index in [1.807, 2.05) is 11.8 Å². The molecule has 1 heterocycles. The molecule has 0 spiro atoms. The van der Waals surface area contributed by atoms with E-state index < -0.39 is 0 Å². The van der Waals surface area contributed by atoms with E-state index in [-0.39, 0.29) is 12.5 Å². The Kier molecular flexibility index (Phi) is 4.52. The summed E-state index contributed by atoms with van der Waals surface area (Å²) in [6.07, 6.45) is 0. The number of nitrogens with zero attached hydrogens (tertiary/aromatic N) is 2. The molecule has 16 heavy (non-hydrogen) atoms. The van der Waals surface area contributed by atoms with Gasteiger partial charge in [-0.25, -0.2) is 4.98 Å². The number of aromatic nitrogens is 1. The van der Waals surface area contributed by atoms with Crippen molar-refractivity contribution >= 4 is 23.3 Å². The number of amides is 1. The molecule has 0 bridgehead atoms. The number of likely N-dealkylation sites (N-methyl/N-ethyl adjacent to an activating group) is 1. The third kappa shape index (κ3) is 3.67. The molecule has 0 saturated heterocycles. The lowest BCUT2D eigenvalue weighted by Gasteiger charge is -2.18. The van der Waals surface area contributed by atoms with Crippen LogP contribution in [0.2, 0.25) is 5.02 Å². The highest BCUT2D eigenvalue weighted by Gasteiger charge is 2.10. The first kappa shape index (κ1) is 12.7. The molecule has 0 fully saturated rings. The number of carbonyl (C=O) groups is 1. The highest BCUT2D eigenvalue weighted by Crippen LogP contribution is 2.16. The minimum Gasteiger partial charge on any atom is -0.384 e. The summed E-state index contributed by atoms with van der Waals surface area (Å²) in [5.41, 5.74) is 11.4. The van der Waals surface area contributed by atoms with E-state index in [9.17, 15) is 4.79 Å². The Hall–Kier alpha value is -1.33. The van der Waals surface area contributed by atoms with Crippen LogP contribution in [0.3, 0.4) is 0 Å². The molecule has 1 rings (SSSR count). The van der Waals surface area contributed by atoms with Crippen molar-refractivity contribution in [1.29, 1.82) is 0 Å². The Morgan fingerprint density at radius 2 is 2.25 bits per heavy atom. The van der Waals surface area contributed by atoms with Crippen molar-refractivity contribution in [2.24, 2.45) is 5.73 Å². The smallest absolute Gasteiger partial charge is 0.231 e. The first-order chi connectivity index (χ1) is 7.52. The topological polar surface area (TPSA) is 85.2 Å². The Labute approximate surface area is 99.4 Å². The third-order valence-corrected chi connectivity index (χ3v) is 2.48. The average molecular weight is 243 g/mol. The molecule has 1 aromatic rings. The minimum atomic E-state index is -0.373. The van der Waals surface area contributed by atoms with E-state index in [2.05, 4.69) is 4.98 Å². The molecular weight excluding hydrogens is 228 g/mol. The average Bonchev–Trinajstić information content (AvgIpc) is 2.21. The van der Waals surface area contributed by atoms with Gasteiger partial charge in [0.15, 0.2) is 0 Å². The number of pyridine rings is 1. The van der Waals surface area contributed by atoms with Crippen LogP contribution in [0.1, 0.15) is 12.6 Å². The molecule has 0 aliphatic carbocycles. The third-order valence-electron chi connectivity index (χ3n) is 2.14. The van der Waals surface area contributed by atoms with Gasteiger partial charge < -0.3 is 11.5 Å². The van der Waals surface area contributed by atoms with Crippen LogP contribution in [-0.4, -0.2) is 28.9 Å². The van der Waals surface area contributed by atoms with Crippen LogP contribution in [-0.2, 0) is 11.3 Å². The zero-order chi connectivity index (χ0) is 12.1. The van der Waals surface area contributed by atoms with Gasteiger partial charge in [-0.15, -0.1) is 0 Å². The van der Waals surface area contributed by atoms with Crippen molar-refractivity contribution in [1.82, 2.24) is 9.88 Å². The van der Waals surface area contributed by atoms with Crippen molar-refractivity contribution in [2.45, 2.75) is 13.5 Å². The number of primary amides is 1. The summed E-state index contributed by atoms with van der Waals surface area (Å²) in [4.78, 5) is 16.8. The van der Waals surface area contributed by atoms with E-state index in [4.69, 9.17) is 23.1 Å². The van der Waals surface area contributed by atoms with Crippen LogP contribution in [0.15, 0.2) is 12.1 Å². The highest BCUT2D eigenvalue weighted by atomic mass is 35.5. The minimum absolute atomic E-state index is 0.184. The molecule has 1 amide bonds. The second-order valence-electron chi connectivity index (χ2n) is 3.43. The first-order valence-electron chi connectivity index (χ1n) is 4.94. The zero-order valence-electron chi connectivity index (χ0n) is 9.11. The summed E-state index contributed by atoms with van der Waals surface area (Å²) in [5.74, 6) is 0.0383. The molecule has 4 N–H and O–H groups in total. The quantitative estimate of drug-likeness (QED) is 0.793. The Bertz CT molecular complexity index is 383. The van der Waals surface area contributed by atoms with Gasteiger partial charge in [0.05, 0.1) is 17.3 Å². The summed E-state index contributed by atoms with van der Waals surface area (Å²) < 4.78 is 0. The lowest BCUT2D eigenvalue weighted by molar-refractivity contribution is -0.119. The maximum Gasteiger partial charge on any atom is 0.231 e. The SMILES string of the molecule is CCN(CC(N)=O)Cc1nc(N)ccc1Cl. The van der Waals surface area contributed by atoms with Gasteiger partial charge in [0, 0.05) is 6.54 Å². The molecule has 0 atom stereocenters.